The maximum Gasteiger partial charge on any atom is 0.240 e. The summed E-state index contributed by atoms with van der Waals surface area (Å²) < 4.78 is 27.0. The third-order valence-corrected chi connectivity index (χ3v) is 4.81. The molecule has 2 N–H and O–H groups in total. The Labute approximate surface area is 129 Å². The van der Waals surface area contributed by atoms with Gasteiger partial charge in [-0.1, -0.05) is 18.5 Å². The molecular weight excluding hydrogens is 312 g/mol. The zero-order chi connectivity index (χ0) is 15.5. The number of fused-ring (bicyclic) bond motifs is 1. The number of rotatable bonds is 6. The van der Waals surface area contributed by atoms with Gasteiger partial charge in [0.05, 0.1) is 10.4 Å². The highest BCUT2D eigenvalue weighted by Gasteiger charge is 2.15. The monoisotopic (exact) mass is 328 g/mol. The van der Waals surface area contributed by atoms with Gasteiger partial charge in [-0.2, -0.15) is 0 Å². The number of pyridine rings is 1. The Morgan fingerprint density at radius 3 is 2.81 bits per heavy atom. The van der Waals surface area contributed by atoms with Crippen LogP contribution in [0.4, 0.5) is 0 Å². The lowest BCUT2D eigenvalue weighted by atomic mass is 10.1. The number of sulfonamides is 1. The summed E-state index contributed by atoms with van der Waals surface area (Å²) in [5.74, 6) is 0.0747. The van der Waals surface area contributed by atoms with Crippen molar-refractivity contribution in [3.8, 4) is 0 Å². The molecule has 114 valence electrons. The van der Waals surface area contributed by atoms with E-state index >= 15 is 0 Å². The van der Waals surface area contributed by atoms with Gasteiger partial charge in [0.2, 0.25) is 10.0 Å². The Morgan fingerprint density at radius 2 is 2.10 bits per heavy atom. The lowest BCUT2D eigenvalue weighted by molar-refractivity contribution is 0.263. The second-order valence-corrected chi connectivity index (χ2v) is 7.11. The first-order valence-corrected chi connectivity index (χ1v) is 8.45. The van der Waals surface area contributed by atoms with Crippen molar-refractivity contribution in [3.05, 3.63) is 35.5 Å². The van der Waals surface area contributed by atoms with Gasteiger partial charge in [0.1, 0.15) is 5.15 Å². The fraction of sp³-hybridized carbons (Fsp3) is 0.357. The van der Waals surface area contributed by atoms with E-state index in [2.05, 4.69) is 9.71 Å². The summed E-state index contributed by atoms with van der Waals surface area (Å²) in [6, 6.07) is 8.06. The summed E-state index contributed by atoms with van der Waals surface area (Å²) in [4.78, 5) is 4.31. The van der Waals surface area contributed by atoms with Crippen LogP contribution in [0.1, 0.15) is 13.3 Å². The van der Waals surface area contributed by atoms with Gasteiger partial charge in [0.25, 0.3) is 0 Å². The molecule has 1 unspecified atom stereocenters. The molecule has 21 heavy (non-hydrogen) atoms. The molecule has 1 heterocycles. The van der Waals surface area contributed by atoms with Gasteiger partial charge in [-0.05, 0) is 42.7 Å². The predicted octanol–water partition coefficient (Wildman–Crippen LogP) is 2.19. The largest absolute Gasteiger partial charge is 0.396 e. The number of aromatic nitrogens is 1. The zero-order valence-corrected chi connectivity index (χ0v) is 13.2. The van der Waals surface area contributed by atoms with Crippen molar-refractivity contribution in [2.24, 2.45) is 5.92 Å². The number of hydrogen-bond donors (Lipinski definition) is 2. The van der Waals surface area contributed by atoms with E-state index in [0.29, 0.717) is 29.0 Å². The highest BCUT2D eigenvalue weighted by atomic mass is 35.5. The number of benzene rings is 1. The molecule has 0 fully saturated rings. The minimum atomic E-state index is -3.57. The second-order valence-electron chi connectivity index (χ2n) is 4.96. The molecule has 2 rings (SSSR count). The van der Waals surface area contributed by atoms with Crippen molar-refractivity contribution in [1.82, 2.24) is 9.71 Å². The van der Waals surface area contributed by atoms with Crippen molar-refractivity contribution >= 4 is 32.5 Å². The molecule has 1 aromatic heterocycles. The van der Waals surface area contributed by atoms with Crippen LogP contribution in [0.25, 0.3) is 10.9 Å². The van der Waals surface area contributed by atoms with Crippen LogP contribution in [-0.2, 0) is 10.0 Å². The maximum atomic E-state index is 12.2. The van der Waals surface area contributed by atoms with Crippen LogP contribution < -0.4 is 4.72 Å². The summed E-state index contributed by atoms with van der Waals surface area (Å²) in [7, 11) is -3.57. The van der Waals surface area contributed by atoms with E-state index in [1.54, 1.807) is 24.3 Å². The topological polar surface area (TPSA) is 79.3 Å². The fourth-order valence-electron chi connectivity index (χ4n) is 1.90. The predicted molar refractivity (Wildman–Crippen MR) is 82.8 cm³/mol. The number of nitrogens with one attached hydrogen (secondary N) is 1. The standard InChI is InChI=1S/C14H17ClN2O3S/c1-10(6-7-18)9-16-21(19,20)12-3-4-13-11(8-12)2-5-14(15)17-13/h2-5,8,10,16,18H,6-7,9H2,1H3. The first-order valence-electron chi connectivity index (χ1n) is 6.59. The van der Waals surface area contributed by atoms with Crippen LogP contribution >= 0.6 is 11.6 Å². The average Bonchev–Trinajstić information content (AvgIpc) is 2.45. The Balaban J connectivity index is 2.22. The van der Waals surface area contributed by atoms with E-state index < -0.39 is 10.0 Å². The molecule has 7 heteroatoms. The van der Waals surface area contributed by atoms with Crippen LogP contribution in [0.3, 0.4) is 0 Å². The van der Waals surface area contributed by atoms with Crippen molar-refractivity contribution in [2.75, 3.05) is 13.2 Å². The summed E-state index contributed by atoms with van der Waals surface area (Å²) in [6.07, 6.45) is 0.558. The van der Waals surface area contributed by atoms with Crippen molar-refractivity contribution in [3.63, 3.8) is 0 Å². The van der Waals surface area contributed by atoms with Crippen LogP contribution in [0.5, 0.6) is 0 Å². The smallest absolute Gasteiger partial charge is 0.240 e. The fourth-order valence-corrected chi connectivity index (χ4v) is 3.26. The van der Waals surface area contributed by atoms with E-state index in [1.165, 1.54) is 6.07 Å². The van der Waals surface area contributed by atoms with Gasteiger partial charge in [0, 0.05) is 18.5 Å². The Kier molecular flexibility index (Phi) is 5.16. The summed E-state index contributed by atoms with van der Waals surface area (Å²) >= 11 is 5.80. The van der Waals surface area contributed by atoms with Gasteiger partial charge in [-0.25, -0.2) is 18.1 Å². The first kappa shape index (κ1) is 16.2. The molecule has 2 aromatic rings. The van der Waals surface area contributed by atoms with Gasteiger partial charge in [-0.3, -0.25) is 0 Å². The molecule has 1 atom stereocenters. The lowest BCUT2D eigenvalue weighted by Gasteiger charge is -2.12. The minimum Gasteiger partial charge on any atom is -0.396 e. The minimum absolute atomic E-state index is 0.0469. The van der Waals surface area contributed by atoms with Gasteiger partial charge >= 0.3 is 0 Å². The molecular formula is C14H17ClN2O3S. The first-order chi connectivity index (χ1) is 9.92. The normalized spacial score (nSPS) is 13.5. The second kappa shape index (κ2) is 6.70. The van der Waals surface area contributed by atoms with Crippen LogP contribution in [-0.4, -0.2) is 31.7 Å². The molecule has 1 aromatic carbocycles. The van der Waals surface area contributed by atoms with Crippen molar-refractivity contribution < 1.29 is 13.5 Å². The average molecular weight is 329 g/mol. The summed E-state index contributed by atoms with van der Waals surface area (Å²) in [6.45, 7) is 2.22. The van der Waals surface area contributed by atoms with Gasteiger partial charge < -0.3 is 5.11 Å². The molecule has 0 aliphatic carbocycles. The van der Waals surface area contributed by atoms with E-state index in [4.69, 9.17) is 16.7 Å². The molecule has 0 spiro atoms. The number of aliphatic hydroxyl groups is 1. The highest BCUT2D eigenvalue weighted by molar-refractivity contribution is 7.89. The number of hydrogen-bond acceptors (Lipinski definition) is 4. The molecule has 0 radical (unpaired) electrons. The number of halogens is 1. The molecule has 0 aliphatic rings. The Morgan fingerprint density at radius 1 is 1.33 bits per heavy atom. The summed E-state index contributed by atoms with van der Waals surface area (Å²) in [5.41, 5.74) is 0.648. The van der Waals surface area contributed by atoms with E-state index in [0.717, 1.165) is 0 Å². The van der Waals surface area contributed by atoms with Crippen molar-refractivity contribution in [1.29, 1.82) is 0 Å². The molecule has 0 saturated carbocycles. The maximum absolute atomic E-state index is 12.2. The Bertz CT molecular complexity index is 734. The quantitative estimate of drug-likeness (QED) is 0.797. The number of aliphatic hydroxyl groups excluding tert-OH is 1. The lowest BCUT2D eigenvalue weighted by Crippen LogP contribution is -2.28. The third kappa shape index (κ3) is 4.14. The molecule has 0 aliphatic heterocycles. The van der Waals surface area contributed by atoms with Crippen LogP contribution in [0.15, 0.2) is 35.2 Å². The summed E-state index contributed by atoms with van der Waals surface area (Å²) in [5, 5.41) is 9.91. The van der Waals surface area contributed by atoms with E-state index in [1.807, 2.05) is 6.92 Å². The van der Waals surface area contributed by atoms with Crippen LogP contribution in [0, 0.1) is 5.92 Å². The SMILES string of the molecule is CC(CCO)CNS(=O)(=O)c1ccc2nc(Cl)ccc2c1. The third-order valence-electron chi connectivity index (χ3n) is 3.18. The molecule has 0 saturated heterocycles. The van der Waals surface area contributed by atoms with Gasteiger partial charge in [0.15, 0.2) is 0 Å². The number of nitrogens with zero attached hydrogens (tertiary/aromatic N) is 1. The highest BCUT2D eigenvalue weighted by Crippen LogP contribution is 2.19. The zero-order valence-electron chi connectivity index (χ0n) is 11.6. The molecule has 5 nitrogen and oxygen atoms in total. The van der Waals surface area contributed by atoms with Gasteiger partial charge in [-0.15, -0.1) is 0 Å². The Hall–Kier alpha value is -1.21. The molecule has 0 bridgehead atoms. The van der Waals surface area contributed by atoms with E-state index in [9.17, 15) is 8.42 Å². The molecule has 0 amide bonds. The van der Waals surface area contributed by atoms with Crippen molar-refractivity contribution in [2.45, 2.75) is 18.2 Å². The van der Waals surface area contributed by atoms with E-state index in [-0.39, 0.29) is 17.4 Å². The van der Waals surface area contributed by atoms with Crippen LogP contribution in [0.2, 0.25) is 5.15 Å².